The van der Waals surface area contributed by atoms with Gasteiger partial charge in [0.25, 0.3) is 0 Å². The maximum atomic E-state index is 13.5. The van der Waals surface area contributed by atoms with Crippen molar-refractivity contribution in [3.8, 4) is 11.1 Å². The lowest BCUT2D eigenvalue weighted by atomic mass is 9.91. The van der Waals surface area contributed by atoms with E-state index in [4.69, 9.17) is 18.9 Å². The van der Waals surface area contributed by atoms with Crippen LogP contribution >= 0.6 is 0 Å². The second kappa shape index (κ2) is 17.8. The molecule has 0 saturated carbocycles. The van der Waals surface area contributed by atoms with Gasteiger partial charge in [-0.1, -0.05) is 71.6 Å². The molecule has 0 radical (unpaired) electrons. The van der Waals surface area contributed by atoms with Crippen LogP contribution in [0.5, 0.6) is 0 Å². The fourth-order valence-corrected chi connectivity index (χ4v) is 3.77. The highest BCUT2D eigenvalue weighted by molar-refractivity contribution is 6.13. The number of rotatable bonds is 17. The Morgan fingerprint density at radius 3 is 1.40 bits per heavy atom. The molecule has 0 aliphatic rings. The van der Waals surface area contributed by atoms with Crippen LogP contribution in [0.15, 0.2) is 36.4 Å². The van der Waals surface area contributed by atoms with Crippen molar-refractivity contribution in [1.82, 2.24) is 0 Å². The van der Waals surface area contributed by atoms with E-state index in [0.29, 0.717) is 42.6 Å². The number of ether oxygens (including phenoxy) is 4. The van der Waals surface area contributed by atoms with Gasteiger partial charge in [-0.2, -0.15) is 0 Å². The molecule has 40 heavy (non-hydrogen) atoms. The molecule has 0 heterocycles. The first kappa shape index (κ1) is 32.5. The van der Waals surface area contributed by atoms with Gasteiger partial charge in [0.15, 0.2) is 0 Å². The van der Waals surface area contributed by atoms with Crippen molar-refractivity contribution in [2.75, 3.05) is 26.4 Å². The van der Waals surface area contributed by atoms with Crippen molar-refractivity contribution in [3.05, 3.63) is 58.7 Å². The van der Waals surface area contributed by atoms with Crippen molar-refractivity contribution in [3.63, 3.8) is 0 Å². The minimum Gasteiger partial charge on any atom is -0.462 e. The van der Waals surface area contributed by atoms with E-state index in [1.807, 2.05) is 27.7 Å². The lowest BCUT2D eigenvalue weighted by Gasteiger charge is -2.17. The van der Waals surface area contributed by atoms with Crippen molar-refractivity contribution >= 4 is 23.9 Å². The van der Waals surface area contributed by atoms with E-state index in [1.165, 1.54) is 6.07 Å². The molecule has 0 spiro atoms. The van der Waals surface area contributed by atoms with E-state index < -0.39 is 23.9 Å². The fourth-order valence-electron chi connectivity index (χ4n) is 3.77. The van der Waals surface area contributed by atoms with Crippen LogP contribution in [0.25, 0.3) is 11.1 Å². The fraction of sp³-hybridized carbons (Fsp3) is 0.500. The van der Waals surface area contributed by atoms with Gasteiger partial charge in [-0.3, -0.25) is 0 Å². The van der Waals surface area contributed by atoms with Gasteiger partial charge in [-0.15, -0.1) is 0 Å². The van der Waals surface area contributed by atoms with Crippen molar-refractivity contribution < 1.29 is 38.1 Å². The lowest BCUT2D eigenvalue weighted by molar-refractivity contribution is 0.0432. The van der Waals surface area contributed by atoms with Gasteiger partial charge in [0.2, 0.25) is 0 Å². The molecular weight excluding hydrogens is 512 g/mol. The summed E-state index contributed by atoms with van der Waals surface area (Å²) in [6.07, 6.45) is 6.07. The lowest BCUT2D eigenvalue weighted by Crippen LogP contribution is -2.21. The Balaban J connectivity index is 2.61. The van der Waals surface area contributed by atoms with Crippen molar-refractivity contribution in [2.45, 2.75) is 79.1 Å². The number of esters is 4. The minimum atomic E-state index is -0.795. The maximum absolute atomic E-state index is 13.5. The summed E-state index contributed by atoms with van der Waals surface area (Å²) < 4.78 is 21.7. The van der Waals surface area contributed by atoms with Crippen molar-refractivity contribution in [1.29, 1.82) is 0 Å². The van der Waals surface area contributed by atoms with Crippen molar-refractivity contribution in [2.24, 2.45) is 0 Å². The number of hydrogen-bond donors (Lipinski definition) is 0. The number of unbranched alkanes of at least 4 members (excludes halogenated alkanes) is 4. The highest BCUT2D eigenvalue weighted by Crippen LogP contribution is 2.31. The zero-order chi connectivity index (χ0) is 29.3. The largest absolute Gasteiger partial charge is 0.462 e. The van der Waals surface area contributed by atoms with E-state index in [1.54, 1.807) is 30.3 Å². The Morgan fingerprint density at radius 2 is 0.925 bits per heavy atom. The molecule has 2 rings (SSSR count). The van der Waals surface area contributed by atoms with E-state index in [9.17, 15) is 19.2 Å². The highest BCUT2D eigenvalue weighted by atomic mass is 16.5. The normalized spacial score (nSPS) is 10.6. The van der Waals surface area contributed by atoms with E-state index in [0.717, 1.165) is 32.1 Å². The topological polar surface area (TPSA) is 105 Å². The third kappa shape index (κ3) is 9.50. The van der Waals surface area contributed by atoms with E-state index >= 15 is 0 Å². The summed E-state index contributed by atoms with van der Waals surface area (Å²) in [6.45, 7) is 8.74. The first-order chi connectivity index (χ1) is 19.4. The molecule has 0 aliphatic heterocycles. The standard InChI is InChI=1S/C32H42O8/c1-5-9-19-37-29(33)24-15-13-23(14-16-24)25-17-18-26(30(34)38-20-10-6-2)28(32(36)40-22-12-8-4)27(25)31(35)39-21-11-7-3/h13-18H,5-12,19-22H2,1-4H3. The summed E-state index contributed by atoms with van der Waals surface area (Å²) in [7, 11) is 0. The Labute approximate surface area is 237 Å². The first-order valence-electron chi connectivity index (χ1n) is 14.3. The summed E-state index contributed by atoms with van der Waals surface area (Å²) in [5.74, 6) is -2.69. The first-order valence-corrected chi connectivity index (χ1v) is 14.3. The summed E-state index contributed by atoms with van der Waals surface area (Å²) in [4.78, 5) is 52.3. The van der Waals surface area contributed by atoms with Gasteiger partial charge in [0.05, 0.1) is 48.7 Å². The molecule has 8 nitrogen and oxygen atoms in total. The SMILES string of the molecule is CCCCOC(=O)c1ccc(-c2ccc(C(=O)OCCCC)c(C(=O)OCCCC)c2C(=O)OCCCC)cc1. The average molecular weight is 555 g/mol. The Bertz CT molecular complexity index is 1120. The number of hydrogen-bond acceptors (Lipinski definition) is 8. The van der Waals surface area contributed by atoms with Crippen LogP contribution in [0.4, 0.5) is 0 Å². The minimum absolute atomic E-state index is 0.0556. The number of carbonyl (C=O) groups excluding carboxylic acids is 4. The molecule has 0 bridgehead atoms. The number of carbonyl (C=O) groups is 4. The van der Waals surface area contributed by atoms with Crippen LogP contribution in [0.3, 0.4) is 0 Å². The zero-order valence-corrected chi connectivity index (χ0v) is 24.2. The van der Waals surface area contributed by atoms with Gasteiger partial charge >= 0.3 is 23.9 Å². The Morgan fingerprint density at radius 1 is 0.500 bits per heavy atom. The summed E-state index contributed by atoms with van der Waals surface area (Å²) in [5.41, 5.74) is 0.989. The quantitative estimate of drug-likeness (QED) is 0.115. The molecule has 0 atom stereocenters. The second-order valence-electron chi connectivity index (χ2n) is 9.45. The predicted molar refractivity (Wildman–Crippen MR) is 153 cm³/mol. The maximum Gasteiger partial charge on any atom is 0.339 e. The van der Waals surface area contributed by atoms with E-state index in [-0.39, 0.29) is 36.5 Å². The monoisotopic (exact) mass is 554 g/mol. The third-order valence-corrected chi connectivity index (χ3v) is 6.19. The predicted octanol–water partition coefficient (Wildman–Crippen LogP) is 7.18. The van der Waals surface area contributed by atoms with Gasteiger partial charge in [0, 0.05) is 0 Å². The van der Waals surface area contributed by atoms with Crippen LogP contribution in [0, 0.1) is 0 Å². The molecule has 8 heteroatoms. The molecule has 0 aliphatic carbocycles. The van der Waals surface area contributed by atoms with Gasteiger partial charge in [0.1, 0.15) is 0 Å². The van der Waals surface area contributed by atoms with Gasteiger partial charge < -0.3 is 18.9 Å². The molecule has 2 aromatic carbocycles. The smallest absolute Gasteiger partial charge is 0.339 e. The van der Waals surface area contributed by atoms with Gasteiger partial charge in [-0.05, 0) is 55.0 Å². The van der Waals surface area contributed by atoms with Gasteiger partial charge in [-0.25, -0.2) is 19.2 Å². The van der Waals surface area contributed by atoms with Crippen LogP contribution in [0.2, 0.25) is 0 Å². The zero-order valence-electron chi connectivity index (χ0n) is 24.2. The molecule has 0 saturated heterocycles. The Kier molecular flexibility index (Phi) is 14.5. The van der Waals surface area contributed by atoms with Crippen LogP contribution < -0.4 is 0 Å². The Hall–Kier alpha value is -3.68. The average Bonchev–Trinajstić information content (AvgIpc) is 2.96. The molecular formula is C32H42O8. The number of benzene rings is 2. The van der Waals surface area contributed by atoms with Crippen LogP contribution in [-0.2, 0) is 18.9 Å². The highest BCUT2D eigenvalue weighted by Gasteiger charge is 2.30. The molecule has 0 unspecified atom stereocenters. The van der Waals surface area contributed by atoms with E-state index in [2.05, 4.69) is 0 Å². The summed E-state index contributed by atoms with van der Waals surface area (Å²) >= 11 is 0. The third-order valence-electron chi connectivity index (χ3n) is 6.19. The molecule has 0 fully saturated rings. The molecule has 2 aromatic rings. The molecule has 218 valence electrons. The van der Waals surface area contributed by atoms with Crippen LogP contribution in [0.1, 0.15) is 120 Å². The van der Waals surface area contributed by atoms with Crippen LogP contribution in [-0.4, -0.2) is 50.3 Å². The summed E-state index contributed by atoms with van der Waals surface area (Å²) in [6, 6.07) is 9.59. The molecule has 0 aromatic heterocycles. The summed E-state index contributed by atoms with van der Waals surface area (Å²) in [5, 5.41) is 0. The second-order valence-corrected chi connectivity index (χ2v) is 9.45. The molecule has 0 N–H and O–H groups in total. The molecule has 0 amide bonds.